The topological polar surface area (TPSA) is 76.2 Å². The predicted molar refractivity (Wildman–Crippen MR) is 83.5 cm³/mol. The first-order chi connectivity index (χ1) is 11.2. The third-order valence-corrected chi connectivity index (χ3v) is 3.64. The Morgan fingerprint density at radius 3 is 2.33 bits per heavy atom. The zero-order valence-electron chi connectivity index (χ0n) is 13.0. The summed E-state index contributed by atoms with van der Waals surface area (Å²) in [6.07, 6.45) is -1.19. The van der Waals surface area contributed by atoms with Crippen molar-refractivity contribution in [2.75, 3.05) is 0 Å². The van der Waals surface area contributed by atoms with Crippen molar-refractivity contribution in [3.05, 3.63) is 53.3 Å². The Morgan fingerprint density at radius 2 is 1.75 bits per heavy atom. The lowest BCUT2D eigenvalue weighted by molar-refractivity contribution is -0.192. The van der Waals surface area contributed by atoms with Gasteiger partial charge in [0.2, 0.25) is 0 Å². The lowest BCUT2D eigenvalue weighted by atomic mass is 10.0. The predicted octanol–water partition coefficient (Wildman–Crippen LogP) is 3.12. The van der Waals surface area contributed by atoms with Gasteiger partial charge >= 0.3 is 12.1 Å². The van der Waals surface area contributed by atoms with Crippen molar-refractivity contribution in [3.63, 3.8) is 0 Å². The Hall–Kier alpha value is -2.41. The lowest BCUT2D eigenvalue weighted by Gasteiger charge is -2.05. The Kier molecular flexibility index (Phi) is 5.23. The van der Waals surface area contributed by atoms with Crippen molar-refractivity contribution in [2.24, 2.45) is 5.73 Å². The first-order valence-corrected chi connectivity index (χ1v) is 7.27. The van der Waals surface area contributed by atoms with E-state index in [1.807, 2.05) is 13.1 Å². The monoisotopic (exact) mass is 338 g/mol. The molecule has 0 saturated heterocycles. The molecule has 7 heteroatoms. The molecule has 1 unspecified atom stereocenters. The van der Waals surface area contributed by atoms with Crippen LogP contribution < -0.4 is 5.73 Å². The highest BCUT2D eigenvalue weighted by Crippen LogP contribution is 2.27. The fraction of sp³-hybridized carbons (Fsp3) is 0.294. The van der Waals surface area contributed by atoms with Gasteiger partial charge in [-0.1, -0.05) is 18.2 Å². The van der Waals surface area contributed by atoms with Gasteiger partial charge in [0, 0.05) is 17.9 Å². The van der Waals surface area contributed by atoms with Crippen LogP contribution in [0.1, 0.15) is 16.8 Å². The number of carboxylic acids is 1. The second-order valence-corrected chi connectivity index (χ2v) is 5.64. The van der Waals surface area contributed by atoms with Crippen LogP contribution >= 0.6 is 0 Å². The molecule has 1 aliphatic carbocycles. The van der Waals surface area contributed by atoms with E-state index in [2.05, 4.69) is 35.3 Å². The molecule has 1 aromatic carbocycles. The number of hydrogen-bond donors (Lipinski definition) is 2. The summed E-state index contributed by atoms with van der Waals surface area (Å²) in [5.74, 6) is -2.76. The van der Waals surface area contributed by atoms with Gasteiger partial charge in [-0.3, -0.25) is 4.98 Å². The average Bonchev–Trinajstić information content (AvgIpc) is 2.86. The van der Waals surface area contributed by atoms with Crippen LogP contribution in [0.4, 0.5) is 13.2 Å². The molecule has 1 aliphatic rings. The summed E-state index contributed by atoms with van der Waals surface area (Å²) < 4.78 is 31.7. The molecule has 1 aromatic heterocycles. The van der Waals surface area contributed by atoms with Crippen LogP contribution in [0.15, 0.2) is 36.5 Å². The van der Waals surface area contributed by atoms with Crippen LogP contribution in [0.3, 0.4) is 0 Å². The van der Waals surface area contributed by atoms with E-state index in [9.17, 15) is 13.2 Å². The first-order valence-electron chi connectivity index (χ1n) is 7.27. The van der Waals surface area contributed by atoms with E-state index in [0.29, 0.717) is 6.04 Å². The summed E-state index contributed by atoms with van der Waals surface area (Å²) in [6, 6.07) is 11.2. The molecule has 4 nitrogen and oxygen atoms in total. The molecule has 0 spiro atoms. The summed E-state index contributed by atoms with van der Waals surface area (Å²) in [7, 11) is 0. The minimum Gasteiger partial charge on any atom is -0.475 e. The van der Waals surface area contributed by atoms with Gasteiger partial charge in [-0.25, -0.2) is 4.79 Å². The van der Waals surface area contributed by atoms with Crippen molar-refractivity contribution in [1.82, 2.24) is 4.98 Å². The minimum atomic E-state index is -5.08. The van der Waals surface area contributed by atoms with Crippen molar-refractivity contribution >= 4 is 5.97 Å². The third kappa shape index (κ3) is 4.55. The molecule has 0 radical (unpaired) electrons. The van der Waals surface area contributed by atoms with Gasteiger partial charge in [0.25, 0.3) is 0 Å². The van der Waals surface area contributed by atoms with E-state index in [1.165, 1.54) is 22.3 Å². The second kappa shape index (κ2) is 7.00. The molecular weight excluding hydrogens is 321 g/mol. The van der Waals surface area contributed by atoms with E-state index in [0.717, 1.165) is 18.5 Å². The van der Waals surface area contributed by atoms with Crippen LogP contribution in [-0.4, -0.2) is 28.3 Å². The second-order valence-electron chi connectivity index (χ2n) is 5.64. The van der Waals surface area contributed by atoms with Crippen LogP contribution in [0, 0.1) is 6.92 Å². The number of benzene rings is 1. The number of fused-ring (bicyclic) bond motifs is 1. The summed E-state index contributed by atoms with van der Waals surface area (Å²) >= 11 is 0. The summed E-state index contributed by atoms with van der Waals surface area (Å²) in [5.41, 5.74) is 12.4. The maximum Gasteiger partial charge on any atom is 0.490 e. The SMILES string of the molecule is Cc1cc(-c2ccc3c(c2)CC(N)C3)ccn1.O=C(O)C(F)(F)F. The molecule has 0 saturated carbocycles. The standard InChI is InChI=1S/C15H16N2.C2HF3O2/c1-10-6-13(4-5-17-10)11-2-3-12-8-15(16)9-14(12)7-11;3-2(4,5)1(6)7/h2-7,15H,8-9,16H2,1H3;(H,6,7). The molecule has 128 valence electrons. The number of nitrogens with two attached hydrogens (primary N) is 1. The fourth-order valence-electron chi connectivity index (χ4n) is 2.56. The highest BCUT2D eigenvalue weighted by Gasteiger charge is 2.38. The molecule has 1 heterocycles. The van der Waals surface area contributed by atoms with E-state index in [-0.39, 0.29) is 0 Å². The van der Waals surface area contributed by atoms with Gasteiger partial charge in [0.05, 0.1) is 0 Å². The number of pyridine rings is 1. The normalized spacial score (nSPS) is 16.1. The van der Waals surface area contributed by atoms with E-state index in [4.69, 9.17) is 15.6 Å². The number of aromatic nitrogens is 1. The number of carbonyl (C=O) groups is 1. The van der Waals surface area contributed by atoms with E-state index in [1.54, 1.807) is 0 Å². The fourth-order valence-corrected chi connectivity index (χ4v) is 2.56. The number of halogens is 3. The largest absolute Gasteiger partial charge is 0.490 e. The Morgan fingerprint density at radius 1 is 1.17 bits per heavy atom. The number of aryl methyl sites for hydroxylation is 1. The lowest BCUT2D eigenvalue weighted by Crippen LogP contribution is -2.21. The van der Waals surface area contributed by atoms with E-state index < -0.39 is 12.1 Å². The van der Waals surface area contributed by atoms with Crippen molar-refractivity contribution in [2.45, 2.75) is 32.0 Å². The van der Waals surface area contributed by atoms with E-state index >= 15 is 0 Å². The van der Waals surface area contributed by atoms with Crippen LogP contribution in [-0.2, 0) is 17.6 Å². The quantitative estimate of drug-likeness (QED) is 0.838. The molecule has 0 amide bonds. The molecule has 0 bridgehead atoms. The number of rotatable bonds is 1. The zero-order chi connectivity index (χ0) is 17.9. The van der Waals surface area contributed by atoms with Gasteiger partial charge in [-0.05, 0) is 54.2 Å². The van der Waals surface area contributed by atoms with Crippen LogP contribution in [0.2, 0.25) is 0 Å². The Balaban J connectivity index is 0.000000256. The Bertz CT molecular complexity index is 745. The number of aliphatic carboxylic acids is 1. The molecule has 3 rings (SSSR count). The average molecular weight is 338 g/mol. The van der Waals surface area contributed by atoms with Crippen molar-refractivity contribution in [3.8, 4) is 11.1 Å². The summed E-state index contributed by atoms with van der Waals surface area (Å²) in [6.45, 7) is 2.02. The van der Waals surface area contributed by atoms with Crippen LogP contribution in [0.25, 0.3) is 11.1 Å². The number of hydrogen-bond acceptors (Lipinski definition) is 3. The van der Waals surface area contributed by atoms with Gasteiger partial charge < -0.3 is 10.8 Å². The van der Waals surface area contributed by atoms with Gasteiger partial charge in [-0.2, -0.15) is 13.2 Å². The molecule has 3 N–H and O–H groups in total. The molecule has 0 fully saturated rings. The number of alkyl halides is 3. The molecule has 24 heavy (non-hydrogen) atoms. The molecule has 1 atom stereocenters. The maximum absolute atomic E-state index is 10.6. The number of carboxylic acid groups (broad SMARTS) is 1. The molecular formula is C17H17F3N2O2. The third-order valence-electron chi connectivity index (χ3n) is 3.64. The molecule has 0 aliphatic heterocycles. The summed E-state index contributed by atoms with van der Waals surface area (Å²) in [4.78, 5) is 13.1. The zero-order valence-corrected chi connectivity index (χ0v) is 13.0. The number of nitrogens with zero attached hydrogens (tertiary/aromatic N) is 1. The van der Waals surface area contributed by atoms with Gasteiger partial charge in [0.15, 0.2) is 0 Å². The minimum absolute atomic E-state index is 0.305. The smallest absolute Gasteiger partial charge is 0.475 e. The first kappa shape index (κ1) is 17.9. The van der Waals surface area contributed by atoms with Crippen LogP contribution in [0.5, 0.6) is 0 Å². The van der Waals surface area contributed by atoms with Gasteiger partial charge in [0.1, 0.15) is 0 Å². The highest BCUT2D eigenvalue weighted by atomic mass is 19.4. The van der Waals surface area contributed by atoms with Crippen molar-refractivity contribution < 1.29 is 23.1 Å². The maximum atomic E-state index is 10.6. The van der Waals surface area contributed by atoms with Gasteiger partial charge in [-0.15, -0.1) is 0 Å². The van der Waals surface area contributed by atoms with Crippen molar-refractivity contribution in [1.29, 1.82) is 0 Å². The molecule has 2 aromatic rings. The highest BCUT2D eigenvalue weighted by molar-refractivity contribution is 5.73. The summed E-state index contributed by atoms with van der Waals surface area (Å²) in [5, 5.41) is 7.12. The Labute approximate surface area is 137 Å².